The predicted octanol–water partition coefficient (Wildman–Crippen LogP) is 2.55. The maximum atomic E-state index is 12.4. The van der Waals surface area contributed by atoms with E-state index in [1.165, 1.54) is 29.5 Å². The van der Waals surface area contributed by atoms with Gasteiger partial charge in [0.2, 0.25) is 5.91 Å². The molecule has 1 aromatic carbocycles. The third-order valence-corrected chi connectivity index (χ3v) is 5.80. The molecule has 5 heteroatoms. The Kier molecular flexibility index (Phi) is 6.68. The highest BCUT2D eigenvalue weighted by molar-refractivity contribution is 5.77. The molecular weight excluding hydrogens is 340 g/mol. The van der Waals surface area contributed by atoms with Gasteiger partial charge >= 0.3 is 0 Å². The molecule has 2 aliphatic rings. The van der Waals surface area contributed by atoms with Gasteiger partial charge in [-0.05, 0) is 49.8 Å². The number of rotatable bonds is 8. The number of allylic oxidation sites excluding steroid dienone is 2. The fraction of sp³-hybridized carbons (Fsp3) is 0.591. The van der Waals surface area contributed by atoms with Crippen LogP contribution in [0, 0.1) is 0 Å². The molecule has 0 radical (unpaired) electrons. The summed E-state index contributed by atoms with van der Waals surface area (Å²) in [6, 6.07) is 9.07. The van der Waals surface area contributed by atoms with Gasteiger partial charge in [-0.3, -0.25) is 4.79 Å². The summed E-state index contributed by atoms with van der Waals surface area (Å²) < 4.78 is 5.03. The van der Waals surface area contributed by atoms with Gasteiger partial charge in [0.25, 0.3) is 0 Å². The molecule has 0 aromatic heterocycles. The molecule has 1 aromatic rings. The highest BCUT2D eigenvalue weighted by atomic mass is 16.5. The Bertz CT molecular complexity index is 669. The average molecular weight is 373 g/mol. The molecule has 27 heavy (non-hydrogen) atoms. The summed E-state index contributed by atoms with van der Waals surface area (Å²) in [7, 11) is 1.55. The van der Waals surface area contributed by atoms with Crippen LogP contribution in [0.15, 0.2) is 30.3 Å². The molecule has 0 unspecified atom stereocenters. The second kappa shape index (κ2) is 9.00. The third kappa shape index (κ3) is 4.42. The van der Waals surface area contributed by atoms with E-state index in [4.69, 9.17) is 4.74 Å². The smallest absolute Gasteiger partial charge is 0.248 e. The lowest BCUT2D eigenvalue weighted by atomic mass is 9.77. The fourth-order valence-corrected chi connectivity index (χ4v) is 4.31. The van der Waals surface area contributed by atoms with Crippen LogP contribution in [-0.4, -0.2) is 60.9 Å². The van der Waals surface area contributed by atoms with E-state index in [9.17, 15) is 9.90 Å². The Labute approximate surface area is 162 Å². The van der Waals surface area contributed by atoms with Gasteiger partial charge in [-0.25, -0.2) is 0 Å². The summed E-state index contributed by atoms with van der Waals surface area (Å²) in [5.74, 6) is 0.210. The van der Waals surface area contributed by atoms with E-state index in [0.29, 0.717) is 6.54 Å². The molecule has 0 bridgehead atoms. The van der Waals surface area contributed by atoms with E-state index in [-0.39, 0.29) is 43.2 Å². The molecule has 1 aliphatic carbocycles. The van der Waals surface area contributed by atoms with Crippen molar-refractivity contribution in [1.29, 1.82) is 0 Å². The molecule has 1 fully saturated rings. The van der Waals surface area contributed by atoms with Crippen molar-refractivity contribution < 1.29 is 14.6 Å². The molecule has 5 nitrogen and oxygen atoms in total. The SMILES string of the molecule is COCC(=O)N(C[C@@H]1N[C@H](CO)[C@H]1c1ccc(C2=CCCC2)cc1)C(C)C. The Balaban J connectivity index is 1.72. The van der Waals surface area contributed by atoms with E-state index in [1.807, 2.05) is 18.7 Å². The van der Waals surface area contributed by atoms with Crippen LogP contribution < -0.4 is 5.32 Å². The van der Waals surface area contributed by atoms with Crippen LogP contribution in [0.2, 0.25) is 0 Å². The topological polar surface area (TPSA) is 61.8 Å². The number of hydrogen-bond acceptors (Lipinski definition) is 4. The molecule has 1 aliphatic heterocycles. The Hall–Kier alpha value is -1.69. The number of nitrogens with one attached hydrogen (secondary N) is 1. The number of carbonyl (C=O) groups excluding carboxylic acids is 1. The number of benzene rings is 1. The van der Waals surface area contributed by atoms with Gasteiger partial charge in [0.05, 0.1) is 6.61 Å². The molecular formula is C22H32N2O3. The monoisotopic (exact) mass is 372 g/mol. The summed E-state index contributed by atoms with van der Waals surface area (Å²) in [6.07, 6.45) is 5.93. The third-order valence-electron chi connectivity index (χ3n) is 5.80. The minimum absolute atomic E-state index is 0.00372. The van der Waals surface area contributed by atoms with Gasteiger partial charge in [-0.15, -0.1) is 0 Å². The summed E-state index contributed by atoms with van der Waals surface area (Å²) >= 11 is 0. The summed E-state index contributed by atoms with van der Waals surface area (Å²) in [5, 5.41) is 13.2. The van der Waals surface area contributed by atoms with Crippen LogP contribution in [0.5, 0.6) is 0 Å². The first-order chi connectivity index (χ1) is 13.0. The standard InChI is InChI=1S/C22H32N2O3/c1-15(2)24(21(26)14-27-3)12-19-22(20(13-25)23-19)18-10-8-17(9-11-18)16-6-4-5-7-16/h6,8-11,15,19-20,22-23,25H,4-5,7,12-14H2,1-3H3/t19-,20+,22-/m0/s1. The summed E-state index contributed by atoms with van der Waals surface area (Å²) in [4.78, 5) is 14.2. The maximum Gasteiger partial charge on any atom is 0.248 e. The molecule has 0 saturated carbocycles. The summed E-state index contributed by atoms with van der Waals surface area (Å²) in [5.41, 5.74) is 3.97. The van der Waals surface area contributed by atoms with E-state index < -0.39 is 0 Å². The zero-order valence-corrected chi connectivity index (χ0v) is 16.6. The van der Waals surface area contributed by atoms with Crippen LogP contribution in [0.25, 0.3) is 5.57 Å². The van der Waals surface area contributed by atoms with Gasteiger partial charge in [0.1, 0.15) is 6.61 Å². The zero-order valence-electron chi connectivity index (χ0n) is 16.6. The van der Waals surface area contributed by atoms with Gasteiger partial charge in [0, 0.05) is 37.7 Å². The van der Waals surface area contributed by atoms with Crippen molar-refractivity contribution in [2.75, 3.05) is 26.9 Å². The number of aliphatic hydroxyl groups excluding tert-OH is 1. The first kappa shape index (κ1) is 20.1. The minimum atomic E-state index is 0.00372. The van der Waals surface area contributed by atoms with Gasteiger partial charge < -0.3 is 20.1 Å². The van der Waals surface area contributed by atoms with Crippen molar-refractivity contribution in [2.45, 2.75) is 57.2 Å². The van der Waals surface area contributed by atoms with Gasteiger partial charge in [-0.2, -0.15) is 0 Å². The maximum absolute atomic E-state index is 12.4. The van der Waals surface area contributed by atoms with Crippen molar-refractivity contribution in [2.24, 2.45) is 0 Å². The van der Waals surface area contributed by atoms with Crippen molar-refractivity contribution in [3.05, 3.63) is 41.5 Å². The number of nitrogens with zero attached hydrogens (tertiary/aromatic N) is 1. The van der Waals surface area contributed by atoms with Crippen LogP contribution in [0.3, 0.4) is 0 Å². The van der Waals surface area contributed by atoms with Gasteiger partial charge in [0.15, 0.2) is 0 Å². The lowest BCUT2D eigenvalue weighted by Crippen LogP contribution is -2.65. The van der Waals surface area contributed by atoms with E-state index in [2.05, 4.69) is 35.7 Å². The summed E-state index contributed by atoms with van der Waals surface area (Å²) in [6.45, 7) is 4.86. The van der Waals surface area contributed by atoms with Crippen molar-refractivity contribution in [3.63, 3.8) is 0 Å². The van der Waals surface area contributed by atoms with E-state index >= 15 is 0 Å². The van der Waals surface area contributed by atoms with E-state index in [0.717, 1.165) is 6.42 Å². The Morgan fingerprint density at radius 3 is 2.59 bits per heavy atom. The molecule has 2 N–H and O–H groups in total. The first-order valence-corrected chi connectivity index (χ1v) is 9.99. The largest absolute Gasteiger partial charge is 0.395 e. The van der Waals surface area contributed by atoms with Crippen LogP contribution in [0.1, 0.15) is 50.2 Å². The van der Waals surface area contributed by atoms with Crippen molar-refractivity contribution in [1.82, 2.24) is 10.2 Å². The van der Waals surface area contributed by atoms with Crippen LogP contribution in [0.4, 0.5) is 0 Å². The van der Waals surface area contributed by atoms with Crippen molar-refractivity contribution >= 4 is 11.5 Å². The predicted molar refractivity (Wildman–Crippen MR) is 108 cm³/mol. The first-order valence-electron chi connectivity index (χ1n) is 9.99. The molecule has 3 atom stereocenters. The minimum Gasteiger partial charge on any atom is -0.395 e. The molecule has 1 heterocycles. The second-order valence-corrected chi connectivity index (χ2v) is 7.90. The average Bonchev–Trinajstić information content (AvgIpc) is 3.16. The number of aliphatic hydroxyl groups is 1. The molecule has 1 amide bonds. The number of hydrogen-bond donors (Lipinski definition) is 2. The van der Waals surface area contributed by atoms with E-state index in [1.54, 1.807) is 7.11 Å². The normalized spacial score (nSPS) is 24.6. The second-order valence-electron chi connectivity index (χ2n) is 7.90. The number of carbonyl (C=O) groups is 1. The highest BCUT2D eigenvalue weighted by Crippen LogP contribution is 2.35. The molecule has 1 saturated heterocycles. The molecule has 148 valence electrons. The fourth-order valence-electron chi connectivity index (χ4n) is 4.31. The molecule has 0 spiro atoms. The lowest BCUT2D eigenvalue weighted by molar-refractivity contribution is -0.138. The Morgan fingerprint density at radius 2 is 2.04 bits per heavy atom. The zero-order chi connectivity index (χ0) is 19.4. The van der Waals surface area contributed by atoms with Crippen molar-refractivity contribution in [3.8, 4) is 0 Å². The quantitative estimate of drug-likeness (QED) is 0.736. The molecule has 3 rings (SSSR count). The van der Waals surface area contributed by atoms with Crippen LogP contribution >= 0.6 is 0 Å². The number of amides is 1. The highest BCUT2D eigenvalue weighted by Gasteiger charge is 2.42. The number of ether oxygens (including phenoxy) is 1. The Morgan fingerprint density at radius 1 is 1.30 bits per heavy atom. The van der Waals surface area contributed by atoms with Crippen LogP contribution in [-0.2, 0) is 9.53 Å². The van der Waals surface area contributed by atoms with Gasteiger partial charge in [-0.1, -0.05) is 30.3 Å². The lowest BCUT2D eigenvalue weighted by Gasteiger charge is -2.48. The number of methoxy groups -OCH3 is 1.